The topological polar surface area (TPSA) is 35.6 Å². The number of hydrogen-bond donors (Lipinski definition) is 1. The Balaban J connectivity index is 2.15. The maximum Gasteiger partial charge on any atom is 0.317 e. The van der Waals surface area contributed by atoms with E-state index in [-0.39, 0.29) is 11.6 Å². The second kappa shape index (κ2) is 2.87. The van der Waals surface area contributed by atoms with E-state index in [4.69, 9.17) is 0 Å². The van der Waals surface area contributed by atoms with Gasteiger partial charge in [0.15, 0.2) is 0 Å². The number of rotatable bonds is 0. The van der Waals surface area contributed by atoms with Crippen LogP contribution in [0.1, 0.15) is 12.8 Å². The van der Waals surface area contributed by atoms with Gasteiger partial charge >= 0.3 is 6.03 Å². The van der Waals surface area contributed by atoms with Gasteiger partial charge in [-0.3, -0.25) is 0 Å². The van der Waals surface area contributed by atoms with Crippen molar-refractivity contribution < 1.29 is 4.79 Å². The molecule has 0 aromatic rings. The average molecular weight is 183 g/mol. The van der Waals surface area contributed by atoms with Crippen molar-refractivity contribution >= 4 is 6.03 Å². The highest BCUT2D eigenvalue weighted by Gasteiger charge is 2.44. The highest BCUT2D eigenvalue weighted by molar-refractivity contribution is 5.77. The lowest BCUT2D eigenvalue weighted by molar-refractivity contribution is 0.0936. The van der Waals surface area contributed by atoms with E-state index < -0.39 is 0 Å². The van der Waals surface area contributed by atoms with Crippen LogP contribution in [0.2, 0.25) is 0 Å². The Labute approximate surface area is 78.9 Å². The summed E-state index contributed by atoms with van der Waals surface area (Å²) in [6.45, 7) is 2.97. The fraction of sp³-hybridized carbons (Fsp3) is 0.889. The third-order valence-electron chi connectivity index (χ3n) is 3.33. The van der Waals surface area contributed by atoms with E-state index >= 15 is 0 Å². The third kappa shape index (κ3) is 1.29. The van der Waals surface area contributed by atoms with Crippen molar-refractivity contribution in [3.8, 4) is 0 Å². The molecule has 2 aliphatic heterocycles. The molecule has 2 rings (SSSR count). The first-order valence-corrected chi connectivity index (χ1v) is 4.84. The maximum atomic E-state index is 11.4. The van der Waals surface area contributed by atoms with E-state index in [2.05, 4.69) is 17.3 Å². The first-order valence-electron chi connectivity index (χ1n) is 4.84. The normalized spacial score (nSPS) is 35.5. The van der Waals surface area contributed by atoms with Crippen LogP contribution in [-0.2, 0) is 0 Å². The van der Waals surface area contributed by atoms with Gasteiger partial charge in [-0.25, -0.2) is 4.79 Å². The maximum absolute atomic E-state index is 11.4. The minimum absolute atomic E-state index is 0.0735. The SMILES string of the molecule is CN1CCCC2(CNC(=O)N2C)C1. The Bertz CT molecular complexity index is 231. The van der Waals surface area contributed by atoms with Crippen LogP contribution >= 0.6 is 0 Å². The van der Waals surface area contributed by atoms with Crippen LogP contribution in [0.5, 0.6) is 0 Å². The Morgan fingerprint density at radius 3 is 2.77 bits per heavy atom. The molecule has 0 saturated carbocycles. The smallest absolute Gasteiger partial charge is 0.317 e. The Hall–Kier alpha value is -0.770. The van der Waals surface area contributed by atoms with Gasteiger partial charge in [0.2, 0.25) is 0 Å². The lowest BCUT2D eigenvalue weighted by atomic mass is 9.89. The summed E-state index contributed by atoms with van der Waals surface area (Å²) in [4.78, 5) is 15.5. The van der Waals surface area contributed by atoms with Gasteiger partial charge in [0.25, 0.3) is 0 Å². The summed E-state index contributed by atoms with van der Waals surface area (Å²) < 4.78 is 0. The number of piperidine rings is 1. The van der Waals surface area contributed by atoms with Crippen LogP contribution in [0.4, 0.5) is 4.79 Å². The summed E-state index contributed by atoms with van der Waals surface area (Å²) >= 11 is 0. The molecule has 0 aliphatic carbocycles. The number of nitrogens with zero attached hydrogens (tertiary/aromatic N) is 2. The quantitative estimate of drug-likeness (QED) is 0.578. The summed E-state index contributed by atoms with van der Waals surface area (Å²) in [5.74, 6) is 0. The van der Waals surface area contributed by atoms with Crippen molar-refractivity contribution in [1.82, 2.24) is 15.1 Å². The number of carbonyl (C=O) groups excluding carboxylic acids is 1. The molecule has 74 valence electrons. The summed E-state index contributed by atoms with van der Waals surface area (Å²) in [7, 11) is 4.03. The lowest BCUT2D eigenvalue weighted by Crippen LogP contribution is -2.55. The van der Waals surface area contributed by atoms with Gasteiger partial charge in [0.05, 0.1) is 5.54 Å². The molecule has 4 nitrogen and oxygen atoms in total. The van der Waals surface area contributed by atoms with Crippen LogP contribution in [0.25, 0.3) is 0 Å². The lowest BCUT2D eigenvalue weighted by Gasteiger charge is -2.42. The molecule has 2 saturated heterocycles. The Morgan fingerprint density at radius 2 is 2.23 bits per heavy atom. The zero-order valence-electron chi connectivity index (χ0n) is 8.34. The van der Waals surface area contributed by atoms with Crippen molar-refractivity contribution in [3.63, 3.8) is 0 Å². The molecule has 2 aliphatic rings. The van der Waals surface area contributed by atoms with Crippen LogP contribution < -0.4 is 5.32 Å². The van der Waals surface area contributed by atoms with Crippen LogP contribution in [0, 0.1) is 0 Å². The van der Waals surface area contributed by atoms with Crippen molar-refractivity contribution in [2.45, 2.75) is 18.4 Å². The average Bonchev–Trinajstić information content (AvgIpc) is 2.35. The van der Waals surface area contributed by atoms with Crippen LogP contribution in [0.15, 0.2) is 0 Å². The zero-order chi connectivity index (χ0) is 9.47. The van der Waals surface area contributed by atoms with Crippen molar-refractivity contribution in [1.29, 1.82) is 0 Å². The van der Waals surface area contributed by atoms with Crippen LogP contribution in [0.3, 0.4) is 0 Å². The highest BCUT2D eigenvalue weighted by atomic mass is 16.2. The molecule has 1 spiro atoms. The minimum Gasteiger partial charge on any atom is -0.336 e. The number of nitrogens with one attached hydrogen (secondary N) is 1. The summed E-state index contributed by atoms with van der Waals surface area (Å²) in [6.07, 6.45) is 2.32. The molecule has 13 heavy (non-hydrogen) atoms. The molecule has 0 bridgehead atoms. The number of urea groups is 1. The summed E-state index contributed by atoms with van der Waals surface area (Å²) in [6, 6.07) is 0.0790. The molecule has 1 N–H and O–H groups in total. The third-order valence-corrected chi connectivity index (χ3v) is 3.33. The van der Waals surface area contributed by atoms with Crippen LogP contribution in [-0.4, -0.2) is 55.1 Å². The molecule has 0 aromatic heterocycles. The van der Waals surface area contributed by atoms with E-state index in [9.17, 15) is 4.79 Å². The minimum atomic E-state index is 0.0735. The predicted molar refractivity (Wildman–Crippen MR) is 50.6 cm³/mol. The van der Waals surface area contributed by atoms with Gasteiger partial charge in [-0.2, -0.15) is 0 Å². The van der Waals surface area contributed by atoms with Gasteiger partial charge < -0.3 is 15.1 Å². The van der Waals surface area contributed by atoms with E-state index in [1.165, 1.54) is 6.42 Å². The second-order valence-electron chi connectivity index (χ2n) is 4.28. The molecule has 2 amide bonds. The Morgan fingerprint density at radius 1 is 1.46 bits per heavy atom. The van der Waals surface area contributed by atoms with Crippen molar-refractivity contribution in [3.05, 3.63) is 0 Å². The molecule has 1 atom stereocenters. The largest absolute Gasteiger partial charge is 0.336 e. The second-order valence-corrected chi connectivity index (χ2v) is 4.28. The fourth-order valence-electron chi connectivity index (χ4n) is 2.45. The summed E-state index contributed by atoms with van der Waals surface area (Å²) in [5, 5.41) is 2.91. The molecule has 4 heteroatoms. The first kappa shape index (κ1) is 8.81. The molecule has 1 unspecified atom stereocenters. The molecule has 0 radical (unpaired) electrons. The highest BCUT2D eigenvalue weighted by Crippen LogP contribution is 2.28. The molecular formula is C9H17N3O. The number of likely N-dealkylation sites (N-methyl/N-ethyl adjacent to an activating group) is 2. The van der Waals surface area contributed by atoms with E-state index in [1.807, 2.05) is 11.9 Å². The van der Waals surface area contributed by atoms with Gasteiger partial charge in [0.1, 0.15) is 0 Å². The van der Waals surface area contributed by atoms with Crippen molar-refractivity contribution in [2.24, 2.45) is 0 Å². The summed E-state index contributed by atoms with van der Waals surface area (Å²) in [5.41, 5.74) is 0.0735. The standard InChI is InChI=1S/C9H17N3O/c1-11-5-3-4-9(7-11)6-10-8(13)12(9)2/h3-7H2,1-2H3,(H,10,13). The fourth-order valence-corrected chi connectivity index (χ4v) is 2.45. The van der Waals surface area contributed by atoms with E-state index in [1.54, 1.807) is 0 Å². The predicted octanol–water partition coefficient (Wildman–Crippen LogP) is 0.106. The van der Waals surface area contributed by atoms with Gasteiger partial charge in [-0.15, -0.1) is 0 Å². The zero-order valence-corrected chi connectivity index (χ0v) is 8.34. The Kier molecular flexibility index (Phi) is 1.95. The van der Waals surface area contributed by atoms with E-state index in [0.29, 0.717) is 0 Å². The molecule has 2 heterocycles. The van der Waals surface area contributed by atoms with Gasteiger partial charge in [0, 0.05) is 20.1 Å². The molecular weight excluding hydrogens is 166 g/mol. The number of hydrogen-bond acceptors (Lipinski definition) is 2. The molecule has 2 fully saturated rings. The first-order chi connectivity index (χ1) is 6.14. The molecule has 0 aromatic carbocycles. The monoisotopic (exact) mass is 183 g/mol. The number of likely N-dealkylation sites (tertiary alicyclic amines) is 1. The van der Waals surface area contributed by atoms with Gasteiger partial charge in [-0.1, -0.05) is 0 Å². The van der Waals surface area contributed by atoms with Gasteiger partial charge in [-0.05, 0) is 26.4 Å². The van der Waals surface area contributed by atoms with Crippen molar-refractivity contribution in [2.75, 3.05) is 33.7 Å². The number of amides is 2. The number of carbonyl (C=O) groups is 1. The van der Waals surface area contributed by atoms with E-state index in [0.717, 1.165) is 26.1 Å².